The molecule has 0 saturated carbocycles. The van der Waals surface area contributed by atoms with E-state index in [0.717, 1.165) is 12.2 Å². The molecular weight excluding hydrogens is 178 g/mol. The number of H-pyrrole nitrogens is 1. The molecule has 4 heteroatoms. The van der Waals surface area contributed by atoms with Crippen LogP contribution in [-0.2, 0) is 4.79 Å². The standard InChI is InChI=1S/C10H13N3O/c1-3-5-9(14)13-8(4-2)10-11-6-7-12-10/h6-8H,4H2,1-2H3,(H,11,12)(H,13,14). The second kappa shape index (κ2) is 5.07. The Hall–Kier alpha value is -1.76. The number of carbonyl (C=O) groups is 1. The quantitative estimate of drug-likeness (QED) is 0.700. The molecule has 0 aromatic carbocycles. The fourth-order valence-corrected chi connectivity index (χ4v) is 1.14. The van der Waals surface area contributed by atoms with Crippen LogP contribution in [0.15, 0.2) is 12.4 Å². The SMILES string of the molecule is CC#CC(=O)NC(CC)c1ncc[nH]1. The number of nitrogens with one attached hydrogen (secondary N) is 2. The molecule has 74 valence electrons. The van der Waals surface area contributed by atoms with Crippen molar-refractivity contribution in [1.82, 2.24) is 15.3 Å². The molecular formula is C10H13N3O. The Bertz CT molecular complexity index is 345. The maximum Gasteiger partial charge on any atom is 0.296 e. The first-order chi connectivity index (χ1) is 6.77. The van der Waals surface area contributed by atoms with Gasteiger partial charge in [0.25, 0.3) is 5.91 Å². The summed E-state index contributed by atoms with van der Waals surface area (Å²) in [5, 5.41) is 2.76. The molecule has 1 amide bonds. The van der Waals surface area contributed by atoms with Gasteiger partial charge in [0, 0.05) is 12.4 Å². The van der Waals surface area contributed by atoms with Gasteiger partial charge in [-0.1, -0.05) is 12.8 Å². The first kappa shape index (κ1) is 10.3. The molecule has 1 atom stereocenters. The molecule has 0 bridgehead atoms. The van der Waals surface area contributed by atoms with Gasteiger partial charge in [0.2, 0.25) is 0 Å². The van der Waals surface area contributed by atoms with Gasteiger partial charge in [-0.3, -0.25) is 4.79 Å². The van der Waals surface area contributed by atoms with Crippen LogP contribution in [0.2, 0.25) is 0 Å². The third kappa shape index (κ3) is 2.63. The van der Waals surface area contributed by atoms with Crippen molar-refractivity contribution in [2.45, 2.75) is 26.3 Å². The summed E-state index contributed by atoms with van der Waals surface area (Å²) in [6.45, 7) is 3.61. The van der Waals surface area contributed by atoms with Crippen LogP contribution in [0, 0.1) is 11.8 Å². The minimum atomic E-state index is -0.268. The van der Waals surface area contributed by atoms with E-state index in [1.807, 2.05) is 6.92 Å². The summed E-state index contributed by atoms with van der Waals surface area (Å²) < 4.78 is 0. The third-order valence-electron chi connectivity index (χ3n) is 1.80. The van der Waals surface area contributed by atoms with Crippen LogP contribution < -0.4 is 5.32 Å². The molecule has 0 aliphatic carbocycles. The van der Waals surface area contributed by atoms with Gasteiger partial charge in [0.15, 0.2) is 0 Å². The van der Waals surface area contributed by atoms with Gasteiger partial charge < -0.3 is 10.3 Å². The van der Waals surface area contributed by atoms with Gasteiger partial charge >= 0.3 is 0 Å². The van der Waals surface area contributed by atoms with Crippen LogP contribution >= 0.6 is 0 Å². The number of hydrogen-bond acceptors (Lipinski definition) is 2. The van der Waals surface area contributed by atoms with Crippen molar-refractivity contribution >= 4 is 5.91 Å². The Kier molecular flexibility index (Phi) is 3.74. The molecule has 0 radical (unpaired) electrons. The van der Waals surface area contributed by atoms with E-state index in [2.05, 4.69) is 27.1 Å². The molecule has 0 spiro atoms. The molecule has 0 aliphatic rings. The number of hydrogen-bond donors (Lipinski definition) is 2. The van der Waals surface area contributed by atoms with Crippen molar-refractivity contribution in [2.75, 3.05) is 0 Å². The fourth-order valence-electron chi connectivity index (χ4n) is 1.14. The monoisotopic (exact) mass is 191 g/mol. The average Bonchev–Trinajstić information content (AvgIpc) is 2.67. The molecule has 14 heavy (non-hydrogen) atoms. The van der Waals surface area contributed by atoms with Gasteiger partial charge in [0.05, 0.1) is 6.04 Å². The minimum absolute atomic E-state index is 0.0849. The molecule has 1 aromatic heterocycles. The van der Waals surface area contributed by atoms with E-state index in [4.69, 9.17) is 0 Å². The molecule has 0 fully saturated rings. The number of aromatic amines is 1. The molecule has 2 N–H and O–H groups in total. The van der Waals surface area contributed by atoms with Crippen LogP contribution in [-0.4, -0.2) is 15.9 Å². The zero-order chi connectivity index (χ0) is 10.4. The van der Waals surface area contributed by atoms with Gasteiger partial charge in [-0.2, -0.15) is 0 Å². The number of nitrogens with zero attached hydrogens (tertiary/aromatic N) is 1. The first-order valence-electron chi connectivity index (χ1n) is 4.50. The molecule has 0 aliphatic heterocycles. The number of carbonyl (C=O) groups excluding carboxylic acids is 1. The second-order valence-corrected chi connectivity index (χ2v) is 2.78. The highest BCUT2D eigenvalue weighted by molar-refractivity contribution is 5.93. The average molecular weight is 191 g/mol. The largest absolute Gasteiger partial charge is 0.347 e. The van der Waals surface area contributed by atoms with Crippen LogP contribution in [0.5, 0.6) is 0 Å². The molecule has 1 unspecified atom stereocenters. The van der Waals surface area contributed by atoms with Crippen LogP contribution in [0.1, 0.15) is 32.1 Å². The normalized spacial score (nSPS) is 11.3. The number of aromatic nitrogens is 2. The van der Waals surface area contributed by atoms with Gasteiger partial charge in [0.1, 0.15) is 5.82 Å². The third-order valence-corrected chi connectivity index (χ3v) is 1.80. The van der Waals surface area contributed by atoms with Crippen molar-refractivity contribution in [3.8, 4) is 11.8 Å². The minimum Gasteiger partial charge on any atom is -0.347 e. The lowest BCUT2D eigenvalue weighted by molar-refractivity contribution is -0.116. The molecule has 0 saturated heterocycles. The Morgan fingerprint density at radius 3 is 3.07 bits per heavy atom. The van der Waals surface area contributed by atoms with E-state index in [1.54, 1.807) is 19.3 Å². The Morgan fingerprint density at radius 2 is 2.57 bits per heavy atom. The molecule has 1 aromatic rings. The van der Waals surface area contributed by atoms with Crippen LogP contribution in [0.4, 0.5) is 0 Å². The topological polar surface area (TPSA) is 57.8 Å². The predicted molar refractivity (Wildman–Crippen MR) is 53.2 cm³/mol. The van der Waals surface area contributed by atoms with E-state index < -0.39 is 0 Å². The fraction of sp³-hybridized carbons (Fsp3) is 0.400. The summed E-state index contributed by atoms with van der Waals surface area (Å²) >= 11 is 0. The van der Waals surface area contributed by atoms with E-state index in [-0.39, 0.29) is 11.9 Å². The summed E-state index contributed by atoms with van der Waals surface area (Å²) in [7, 11) is 0. The van der Waals surface area contributed by atoms with Crippen molar-refractivity contribution in [3.05, 3.63) is 18.2 Å². The Balaban J connectivity index is 2.63. The van der Waals surface area contributed by atoms with E-state index in [1.165, 1.54) is 0 Å². The van der Waals surface area contributed by atoms with Crippen molar-refractivity contribution < 1.29 is 4.79 Å². The van der Waals surface area contributed by atoms with E-state index in [0.29, 0.717) is 0 Å². The Labute approximate surface area is 83.1 Å². The molecule has 4 nitrogen and oxygen atoms in total. The van der Waals surface area contributed by atoms with E-state index >= 15 is 0 Å². The maximum atomic E-state index is 11.2. The first-order valence-corrected chi connectivity index (χ1v) is 4.50. The number of imidazole rings is 1. The maximum absolute atomic E-state index is 11.2. The van der Waals surface area contributed by atoms with Crippen molar-refractivity contribution in [2.24, 2.45) is 0 Å². The molecule has 1 rings (SSSR count). The summed E-state index contributed by atoms with van der Waals surface area (Å²) in [6.07, 6.45) is 4.18. The molecule has 1 heterocycles. The van der Waals surface area contributed by atoms with Crippen molar-refractivity contribution in [1.29, 1.82) is 0 Å². The second-order valence-electron chi connectivity index (χ2n) is 2.78. The smallest absolute Gasteiger partial charge is 0.296 e. The highest BCUT2D eigenvalue weighted by Crippen LogP contribution is 2.10. The zero-order valence-electron chi connectivity index (χ0n) is 8.29. The summed E-state index contributed by atoms with van der Waals surface area (Å²) in [5.74, 6) is 5.48. The highest BCUT2D eigenvalue weighted by atomic mass is 16.1. The van der Waals surface area contributed by atoms with E-state index in [9.17, 15) is 4.79 Å². The summed E-state index contributed by atoms with van der Waals surface area (Å²) in [5.41, 5.74) is 0. The lowest BCUT2D eigenvalue weighted by atomic mass is 10.2. The Morgan fingerprint density at radius 1 is 1.79 bits per heavy atom. The number of rotatable bonds is 3. The van der Waals surface area contributed by atoms with Gasteiger partial charge in [-0.25, -0.2) is 4.98 Å². The number of amides is 1. The van der Waals surface area contributed by atoms with Crippen LogP contribution in [0.3, 0.4) is 0 Å². The lowest BCUT2D eigenvalue weighted by Crippen LogP contribution is -2.27. The lowest BCUT2D eigenvalue weighted by Gasteiger charge is -2.11. The zero-order valence-corrected chi connectivity index (χ0v) is 8.29. The van der Waals surface area contributed by atoms with Gasteiger partial charge in [-0.05, 0) is 19.3 Å². The summed E-state index contributed by atoms with van der Waals surface area (Å²) in [4.78, 5) is 18.2. The van der Waals surface area contributed by atoms with Crippen molar-refractivity contribution in [3.63, 3.8) is 0 Å². The summed E-state index contributed by atoms with van der Waals surface area (Å²) in [6, 6.07) is -0.0849. The highest BCUT2D eigenvalue weighted by Gasteiger charge is 2.12. The van der Waals surface area contributed by atoms with Crippen LogP contribution in [0.25, 0.3) is 0 Å². The van der Waals surface area contributed by atoms with Gasteiger partial charge in [-0.15, -0.1) is 0 Å². The predicted octanol–water partition coefficient (Wildman–Crippen LogP) is 1.00.